The maximum Gasteiger partial charge on any atom is 0.326 e. The molecule has 2 atom stereocenters. The molecule has 0 bridgehead atoms. The Morgan fingerprint density at radius 2 is 1.48 bits per heavy atom. The standard InChI is InChI=1S/C19H23N3O3/c20-12-15-8-6-14(7-9-15)11-17(19(24)25)22-18(23)16(21)10-13-4-2-1-3-5-13/h1-9,16-17H,10-12,20-21H2,(H,22,23)(H,24,25)/t16-,17+/m1/s1. The normalized spacial score (nSPS) is 13.0. The van der Waals surface area contributed by atoms with Gasteiger partial charge in [-0.1, -0.05) is 54.6 Å². The van der Waals surface area contributed by atoms with Gasteiger partial charge in [0.05, 0.1) is 6.04 Å². The number of carbonyl (C=O) groups excluding carboxylic acids is 1. The van der Waals surface area contributed by atoms with E-state index in [-0.39, 0.29) is 6.42 Å². The van der Waals surface area contributed by atoms with Crippen LogP contribution in [0.5, 0.6) is 0 Å². The van der Waals surface area contributed by atoms with Gasteiger partial charge < -0.3 is 21.9 Å². The number of amides is 1. The minimum atomic E-state index is -1.09. The van der Waals surface area contributed by atoms with Crippen molar-refractivity contribution < 1.29 is 14.7 Å². The van der Waals surface area contributed by atoms with Crippen LogP contribution in [-0.2, 0) is 29.0 Å². The van der Waals surface area contributed by atoms with E-state index in [1.54, 1.807) is 0 Å². The maximum atomic E-state index is 12.2. The number of carboxylic acid groups (broad SMARTS) is 1. The van der Waals surface area contributed by atoms with Crippen molar-refractivity contribution in [3.63, 3.8) is 0 Å². The predicted molar refractivity (Wildman–Crippen MR) is 95.7 cm³/mol. The lowest BCUT2D eigenvalue weighted by molar-refractivity contribution is -0.141. The van der Waals surface area contributed by atoms with Crippen molar-refractivity contribution in [3.05, 3.63) is 71.3 Å². The molecule has 1 amide bonds. The molecule has 2 aromatic rings. The van der Waals surface area contributed by atoms with Crippen LogP contribution in [0.25, 0.3) is 0 Å². The lowest BCUT2D eigenvalue weighted by atomic mass is 10.0. The van der Waals surface area contributed by atoms with E-state index in [4.69, 9.17) is 11.5 Å². The van der Waals surface area contributed by atoms with Crippen molar-refractivity contribution in [3.8, 4) is 0 Å². The molecule has 0 saturated carbocycles. The Bertz CT molecular complexity index is 702. The second-order valence-electron chi connectivity index (χ2n) is 5.92. The first-order valence-corrected chi connectivity index (χ1v) is 8.10. The molecule has 2 rings (SSSR count). The van der Waals surface area contributed by atoms with Crippen molar-refractivity contribution in [1.82, 2.24) is 5.32 Å². The van der Waals surface area contributed by atoms with Crippen molar-refractivity contribution >= 4 is 11.9 Å². The molecule has 0 aliphatic heterocycles. The minimum absolute atomic E-state index is 0.185. The maximum absolute atomic E-state index is 12.2. The van der Waals surface area contributed by atoms with E-state index >= 15 is 0 Å². The lowest BCUT2D eigenvalue weighted by Crippen LogP contribution is -2.50. The molecule has 0 aliphatic carbocycles. The number of carboxylic acids is 1. The topological polar surface area (TPSA) is 118 Å². The Balaban J connectivity index is 1.97. The van der Waals surface area contributed by atoms with Crippen molar-refractivity contribution in [2.45, 2.75) is 31.5 Å². The molecule has 132 valence electrons. The van der Waals surface area contributed by atoms with Gasteiger partial charge in [-0.2, -0.15) is 0 Å². The summed E-state index contributed by atoms with van der Waals surface area (Å²) in [6.45, 7) is 0.424. The first-order chi connectivity index (χ1) is 12.0. The van der Waals surface area contributed by atoms with Crippen LogP contribution in [0.1, 0.15) is 16.7 Å². The van der Waals surface area contributed by atoms with Gasteiger partial charge in [0.25, 0.3) is 0 Å². The third-order valence-electron chi connectivity index (χ3n) is 3.95. The molecular weight excluding hydrogens is 318 g/mol. The third kappa shape index (κ3) is 5.70. The van der Waals surface area contributed by atoms with Crippen molar-refractivity contribution in [1.29, 1.82) is 0 Å². The fraction of sp³-hybridized carbons (Fsp3) is 0.263. The molecule has 6 nitrogen and oxygen atoms in total. The van der Waals surface area contributed by atoms with Gasteiger partial charge in [0, 0.05) is 13.0 Å². The van der Waals surface area contributed by atoms with E-state index in [1.165, 1.54) is 0 Å². The second kappa shape index (κ2) is 8.96. The summed E-state index contributed by atoms with van der Waals surface area (Å²) in [7, 11) is 0. The third-order valence-corrected chi connectivity index (χ3v) is 3.95. The quantitative estimate of drug-likeness (QED) is 0.567. The van der Waals surface area contributed by atoms with Crippen molar-refractivity contribution in [2.24, 2.45) is 11.5 Å². The van der Waals surface area contributed by atoms with Crippen LogP contribution >= 0.6 is 0 Å². The first-order valence-electron chi connectivity index (χ1n) is 8.10. The second-order valence-corrected chi connectivity index (χ2v) is 5.92. The highest BCUT2D eigenvalue weighted by molar-refractivity contribution is 5.87. The number of aliphatic carboxylic acids is 1. The van der Waals surface area contributed by atoms with Crippen LogP contribution < -0.4 is 16.8 Å². The largest absolute Gasteiger partial charge is 0.480 e. The molecule has 0 fully saturated rings. The Morgan fingerprint density at radius 3 is 2.04 bits per heavy atom. The number of nitrogens with one attached hydrogen (secondary N) is 1. The monoisotopic (exact) mass is 341 g/mol. The molecule has 0 spiro atoms. The Hall–Kier alpha value is -2.70. The molecular formula is C19H23N3O3. The summed E-state index contributed by atoms with van der Waals surface area (Å²) in [6, 6.07) is 14.8. The summed E-state index contributed by atoms with van der Waals surface area (Å²) in [6.07, 6.45) is 0.536. The number of rotatable bonds is 8. The van der Waals surface area contributed by atoms with Crippen LogP contribution in [0.4, 0.5) is 0 Å². The highest BCUT2D eigenvalue weighted by Gasteiger charge is 2.23. The lowest BCUT2D eigenvalue weighted by Gasteiger charge is -2.18. The molecule has 0 aliphatic rings. The van der Waals surface area contributed by atoms with Gasteiger partial charge in [0.1, 0.15) is 6.04 Å². The van der Waals surface area contributed by atoms with Gasteiger partial charge in [-0.15, -0.1) is 0 Å². The fourth-order valence-corrected chi connectivity index (χ4v) is 2.49. The summed E-state index contributed by atoms with van der Waals surface area (Å²) < 4.78 is 0. The predicted octanol–water partition coefficient (Wildman–Crippen LogP) is 0.827. The SMILES string of the molecule is NCc1ccc(C[C@H](NC(=O)[C@H](N)Cc2ccccc2)C(=O)O)cc1. The zero-order valence-electron chi connectivity index (χ0n) is 13.9. The fourth-order valence-electron chi connectivity index (χ4n) is 2.49. The molecule has 25 heavy (non-hydrogen) atoms. The number of benzene rings is 2. The Kier molecular flexibility index (Phi) is 6.68. The van der Waals surface area contributed by atoms with Gasteiger partial charge in [0.15, 0.2) is 0 Å². The van der Waals surface area contributed by atoms with Crippen LogP contribution in [0.3, 0.4) is 0 Å². The summed E-state index contributed by atoms with van der Waals surface area (Å²) in [5.74, 6) is -1.57. The van der Waals surface area contributed by atoms with Crippen molar-refractivity contribution in [2.75, 3.05) is 0 Å². The van der Waals surface area contributed by atoms with E-state index in [9.17, 15) is 14.7 Å². The number of carbonyl (C=O) groups is 2. The smallest absolute Gasteiger partial charge is 0.326 e. The Labute approximate surface area is 146 Å². The van der Waals surface area contributed by atoms with Crippen LogP contribution in [-0.4, -0.2) is 29.1 Å². The molecule has 6 N–H and O–H groups in total. The highest BCUT2D eigenvalue weighted by Crippen LogP contribution is 2.08. The van der Waals surface area contributed by atoms with Crippen LogP contribution in [0.15, 0.2) is 54.6 Å². The number of nitrogens with two attached hydrogens (primary N) is 2. The van der Waals surface area contributed by atoms with Crippen LogP contribution in [0, 0.1) is 0 Å². The molecule has 0 aromatic heterocycles. The highest BCUT2D eigenvalue weighted by atomic mass is 16.4. The van der Waals surface area contributed by atoms with E-state index < -0.39 is 24.0 Å². The number of hydrogen-bond acceptors (Lipinski definition) is 4. The minimum Gasteiger partial charge on any atom is -0.480 e. The molecule has 2 aromatic carbocycles. The van der Waals surface area contributed by atoms with Gasteiger partial charge >= 0.3 is 5.97 Å². The number of hydrogen-bond donors (Lipinski definition) is 4. The molecule has 0 heterocycles. The summed E-state index contributed by atoms with van der Waals surface area (Å²) in [5.41, 5.74) is 14.2. The van der Waals surface area contributed by atoms with E-state index in [0.717, 1.165) is 16.7 Å². The summed E-state index contributed by atoms with van der Waals surface area (Å²) in [4.78, 5) is 23.7. The van der Waals surface area contributed by atoms with Gasteiger partial charge in [-0.25, -0.2) is 4.79 Å². The Morgan fingerprint density at radius 1 is 0.920 bits per heavy atom. The zero-order valence-corrected chi connectivity index (χ0v) is 13.9. The van der Waals surface area contributed by atoms with Gasteiger partial charge in [-0.05, 0) is 23.1 Å². The molecule has 0 saturated heterocycles. The van der Waals surface area contributed by atoms with Gasteiger partial charge in [0.2, 0.25) is 5.91 Å². The van der Waals surface area contributed by atoms with Gasteiger partial charge in [-0.3, -0.25) is 4.79 Å². The molecule has 0 radical (unpaired) electrons. The van der Waals surface area contributed by atoms with E-state index in [0.29, 0.717) is 13.0 Å². The summed E-state index contributed by atoms with van der Waals surface area (Å²) in [5, 5.41) is 11.9. The summed E-state index contributed by atoms with van der Waals surface area (Å²) >= 11 is 0. The van der Waals surface area contributed by atoms with E-state index in [1.807, 2.05) is 54.6 Å². The van der Waals surface area contributed by atoms with E-state index in [2.05, 4.69) is 5.32 Å². The average Bonchev–Trinajstić information content (AvgIpc) is 2.62. The van der Waals surface area contributed by atoms with Crippen LogP contribution in [0.2, 0.25) is 0 Å². The average molecular weight is 341 g/mol. The zero-order chi connectivity index (χ0) is 18.2. The molecule has 6 heteroatoms. The first kappa shape index (κ1) is 18.6. The molecule has 0 unspecified atom stereocenters.